The van der Waals surface area contributed by atoms with Crippen LogP contribution in [0.1, 0.15) is 44.1 Å². The van der Waals surface area contributed by atoms with E-state index in [0.29, 0.717) is 0 Å². The predicted octanol–water partition coefficient (Wildman–Crippen LogP) is -2.24. The van der Waals surface area contributed by atoms with E-state index >= 15 is 0 Å². The van der Waals surface area contributed by atoms with Crippen LogP contribution in [0.2, 0.25) is 0 Å². The lowest BCUT2D eigenvalue weighted by Crippen LogP contribution is -2.57. The number of H-pyrrole nitrogens is 1. The highest BCUT2D eigenvalue weighted by Crippen LogP contribution is 2.19. The Morgan fingerprint density at radius 1 is 0.818 bits per heavy atom. The van der Waals surface area contributed by atoms with Crippen molar-refractivity contribution in [1.29, 1.82) is 0 Å². The third-order valence-electron chi connectivity index (χ3n) is 6.60. The van der Waals surface area contributed by atoms with E-state index in [2.05, 4.69) is 25.9 Å². The Kier molecular flexibility index (Phi) is 13.6. The zero-order valence-corrected chi connectivity index (χ0v) is 24.0. The number of carbonyl (C=O) groups excluding carboxylic acids is 4. The van der Waals surface area contributed by atoms with Gasteiger partial charge in [-0.1, -0.05) is 18.2 Å². The molecule has 0 saturated heterocycles. The normalized spacial score (nSPS) is 13.6. The van der Waals surface area contributed by atoms with Gasteiger partial charge in [0.25, 0.3) is 0 Å². The number of amides is 4. The maximum atomic E-state index is 13.2. The second kappa shape index (κ2) is 17.1. The van der Waals surface area contributed by atoms with Crippen molar-refractivity contribution in [3.8, 4) is 0 Å². The third kappa shape index (κ3) is 11.6. The largest absolute Gasteiger partial charge is 0.481 e. The van der Waals surface area contributed by atoms with Crippen molar-refractivity contribution in [3.63, 3.8) is 0 Å². The summed E-state index contributed by atoms with van der Waals surface area (Å²) in [6, 6.07) is 2.01. The molecular formula is C27H39N9O8. The summed E-state index contributed by atoms with van der Waals surface area (Å²) in [4.78, 5) is 80.5. The summed E-state index contributed by atoms with van der Waals surface area (Å²) < 4.78 is 0. The Balaban J connectivity index is 2.15. The molecule has 0 aliphatic heterocycles. The average Bonchev–Trinajstić information content (AvgIpc) is 3.36. The standard InChI is InChI=1S/C27H39N9O8/c28-16(12-14-13-33-17-5-2-1-4-15(14)17)23(40)34-19(8-10-22(38)39)24(41)35-18(7-9-21(29)37)25(42)36-20(26(43)44)6-3-11-32-27(30)31/h1-2,4-5,13,16,18-20,33H,3,6-12,28H2,(H2,29,37)(H,34,40)(H,35,41)(H,36,42)(H,38,39)(H,43,44)(H4,30,31,32). The molecule has 0 spiro atoms. The van der Waals surface area contributed by atoms with Crippen LogP contribution in [0.25, 0.3) is 10.9 Å². The van der Waals surface area contributed by atoms with E-state index in [1.54, 1.807) is 6.20 Å². The number of nitrogens with one attached hydrogen (secondary N) is 4. The van der Waals surface area contributed by atoms with Crippen LogP contribution in [0.3, 0.4) is 0 Å². The van der Waals surface area contributed by atoms with Crippen LogP contribution in [0.15, 0.2) is 35.5 Å². The van der Waals surface area contributed by atoms with E-state index in [0.717, 1.165) is 16.5 Å². The van der Waals surface area contributed by atoms with Crippen LogP contribution in [-0.4, -0.2) is 87.4 Å². The van der Waals surface area contributed by atoms with Gasteiger partial charge in [-0.05, 0) is 43.7 Å². The summed E-state index contributed by atoms with van der Waals surface area (Å²) in [6.45, 7) is 0.108. The highest BCUT2D eigenvalue weighted by atomic mass is 16.4. The summed E-state index contributed by atoms with van der Waals surface area (Å²) >= 11 is 0. The first-order valence-corrected chi connectivity index (χ1v) is 13.8. The van der Waals surface area contributed by atoms with Gasteiger partial charge in [0.2, 0.25) is 23.6 Å². The number of rotatable bonds is 19. The zero-order chi connectivity index (χ0) is 32.8. The summed E-state index contributed by atoms with van der Waals surface area (Å²) in [7, 11) is 0. The van der Waals surface area contributed by atoms with Gasteiger partial charge in [-0.2, -0.15) is 0 Å². The fourth-order valence-corrected chi connectivity index (χ4v) is 4.31. The van der Waals surface area contributed by atoms with Crippen LogP contribution in [0, 0.1) is 0 Å². The van der Waals surface area contributed by atoms with Crippen molar-refractivity contribution in [1.82, 2.24) is 20.9 Å². The Morgan fingerprint density at radius 2 is 1.41 bits per heavy atom. The molecule has 240 valence electrons. The lowest BCUT2D eigenvalue weighted by Gasteiger charge is -2.25. The van der Waals surface area contributed by atoms with E-state index in [1.165, 1.54) is 0 Å². The molecule has 0 aliphatic carbocycles. The molecule has 4 unspecified atom stereocenters. The lowest BCUT2D eigenvalue weighted by atomic mass is 10.0. The number of carboxylic acid groups (broad SMARTS) is 2. The van der Waals surface area contributed by atoms with Gasteiger partial charge in [-0.3, -0.25) is 29.0 Å². The van der Waals surface area contributed by atoms with Gasteiger partial charge in [-0.15, -0.1) is 0 Å². The molecule has 4 amide bonds. The Hall–Kier alpha value is -5.19. The molecule has 2 rings (SSSR count). The van der Waals surface area contributed by atoms with Gasteiger partial charge in [0.15, 0.2) is 5.96 Å². The van der Waals surface area contributed by atoms with E-state index < -0.39 is 66.2 Å². The molecule has 0 aliphatic rings. The van der Waals surface area contributed by atoms with E-state index in [9.17, 15) is 39.0 Å². The smallest absolute Gasteiger partial charge is 0.326 e. The minimum atomic E-state index is -1.45. The van der Waals surface area contributed by atoms with E-state index in [-0.39, 0.29) is 51.0 Å². The number of carbonyl (C=O) groups is 6. The number of aromatic nitrogens is 1. The second-order valence-corrected chi connectivity index (χ2v) is 10.1. The molecule has 14 N–H and O–H groups in total. The molecule has 44 heavy (non-hydrogen) atoms. The van der Waals surface area contributed by atoms with Crippen molar-refractivity contribution in [2.45, 2.75) is 69.1 Å². The quantitative estimate of drug-likeness (QED) is 0.0456. The summed E-state index contributed by atoms with van der Waals surface area (Å²) in [6.07, 6.45) is 0.460. The number of benzene rings is 1. The molecule has 17 nitrogen and oxygen atoms in total. The lowest BCUT2D eigenvalue weighted by molar-refractivity contribution is -0.142. The molecule has 0 saturated carbocycles. The minimum Gasteiger partial charge on any atom is -0.481 e. The van der Waals surface area contributed by atoms with Crippen LogP contribution in [0.4, 0.5) is 0 Å². The van der Waals surface area contributed by atoms with Gasteiger partial charge in [0, 0.05) is 36.5 Å². The Morgan fingerprint density at radius 3 is 2.00 bits per heavy atom. The fourth-order valence-electron chi connectivity index (χ4n) is 4.31. The van der Waals surface area contributed by atoms with Crippen molar-refractivity contribution in [3.05, 3.63) is 36.0 Å². The van der Waals surface area contributed by atoms with Gasteiger partial charge >= 0.3 is 11.9 Å². The van der Waals surface area contributed by atoms with Crippen molar-refractivity contribution in [2.24, 2.45) is 27.9 Å². The number of carboxylic acids is 2. The topological polar surface area (TPSA) is 311 Å². The highest BCUT2D eigenvalue weighted by Gasteiger charge is 2.31. The SMILES string of the molecule is NC(=O)CCC(NC(=O)C(CCC(=O)O)NC(=O)C(N)Cc1c[nH]c2ccccc12)C(=O)NC(CCCN=C(N)N)C(=O)O. The second-order valence-electron chi connectivity index (χ2n) is 10.1. The Labute approximate surface area is 252 Å². The van der Waals surface area contributed by atoms with Gasteiger partial charge in [0.05, 0.1) is 6.04 Å². The summed E-state index contributed by atoms with van der Waals surface area (Å²) in [5.41, 5.74) is 23.4. The number of guanidine groups is 1. The summed E-state index contributed by atoms with van der Waals surface area (Å²) in [5.74, 6) is -6.20. The summed E-state index contributed by atoms with van der Waals surface area (Å²) in [5, 5.41) is 26.7. The first-order chi connectivity index (χ1) is 20.8. The fraction of sp³-hybridized carbons (Fsp3) is 0.444. The molecule has 2 aromatic rings. The number of fused-ring (bicyclic) bond motifs is 1. The molecule has 17 heteroatoms. The van der Waals surface area contributed by atoms with Gasteiger partial charge in [-0.25, -0.2) is 4.79 Å². The maximum absolute atomic E-state index is 13.2. The minimum absolute atomic E-state index is 0.0556. The first kappa shape index (κ1) is 35.0. The number of primary amides is 1. The number of aliphatic carboxylic acids is 2. The van der Waals surface area contributed by atoms with Crippen LogP contribution in [-0.2, 0) is 35.2 Å². The molecule has 0 radical (unpaired) electrons. The van der Waals surface area contributed by atoms with Crippen molar-refractivity contribution >= 4 is 52.4 Å². The zero-order valence-electron chi connectivity index (χ0n) is 24.0. The maximum Gasteiger partial charge on any atom is 0.326 e. The van der Waals surface area contributed by atoms with Crippen molar-refractivity contribution < 1.29 is 39.0 Å². The molecule has 1 aromatic heterocycles. The molecule has 1 aromatic carbocycles. The number of para-hydroxylation sites is 1. The predicted molar refractivity (Wildman–Crippen MR) is 159 cm³/mol. The van der Waals surface area contributed by atoms with Gasteiger partial charge < -0.3 is 54.1 Å². The number of hydrogen-bond donors (Lipinski definition) is 10. The molecule has 0 fully saturated rings. The monoisotopic (exact) mass is 617 g/mol. The molecule has 4 atom stereocenters. The number of aliphatic imine (C=N–C) groups is 1. The highest BCUT2D eigenvalue weighted by molar-refractivity contribution is 5.95. The molecule has 1 heterocycles. The molecular weight excluding hydrogens is 578 g/mol. The van der Waals surface area contributed by atoms with Crippen LogP contribution >= 0.6 is 0 Å². The third-order valence-corrected chi connectivity index (χ3v) is 6.60. The van der Waals surface area contributed by atoms with Crippen LogP contribution in [0.5, 0.6) is 0 Å². The number of aromatic amines is 1. The average molecular weight is 618 g/mol. The van der Waals surface area contributed by atoms with E-state index in [4.69, 9.17) is 22.9 Å². The molecule has 0 bridgehead atoms. The first-order valence-electron chi connectivity index (χ1n) is 13.8. The van der Waals surface area contributed by atoms with E-state index in [1.807, 2.05) is 24.3 Å². The number of nitrogens with zero attached hydrogens (tertiary/aromatic N) is 1. The van der Waals surface area contributed by atoms with Gasteiger partial charge in [0.1, 0.15) is 18.1 Å². The number of nitrogens with two attached hydrogens (primary N) is 4. The van der Waals surface area contributed by atoms with Crippen molar-refractivity contribution in [2.75, 3.05) is 6.54 Å². The number of hydrogen-bond acceptors (Lipinski definition) is 8. The Bertz CT molecular complexity index is 1370. The van der Waals surface area contributed by atoms with Crippen LogP contribution < -0.4 is 38.9 Å².